The quantitative estimate of drug-likeness (QED) is 0.810. The zero-order valence-corrected chi connectivity index (χ0v) is 11.2. The molecule has 2 N–H and O–H groups in total. The fraction of sp³-hybridized carbons (Fsp3) is 0.455. The summed E-state index contributed by atoms with van der Waals surface area (Å²) in [6.45, 7) is 2.65. The van der Waals surface area contributed by atoms with Crippen LogP contribution in [0, 0.1) is 17.5 Å². The highest BCUT2D eigenvalue weighted by Gasteiger charge is 2.26. The van der Waals surface area contributed by atoms with Gasteiger partial charge in [0.15, 0.2) is 17.5 Å². The van der Waals surface area contributed by atoms with E-state index in [4.69, 9.17) is 0 Å². The van der Waals surface area contributed by atoms with Crippen molar-refractivity contribution < 1.29 is 26.7 Å². The molecule has 4 nitrogen and oxygen atoms in total. The average molecular weight is 297 g/mol. The molecule has 19 heavy (non-hydrogen) atoms. The molecule has 0 saturated carbocycles. The van der Waals surface area contributed by atoms with Gasteiger partial charge in [-0.2, -0.15) is 0 Å². The molecule has 0 heterocycles. The van der Waals surface area contributed by atoms with Crippen LogP contribution >= 0.6 is 0 Å². The largest absolute Gasteiger partial charge is 0.389 e. The predicted molar refractivity (Wildman–Crippen MR) is 62.4 cm³/mol. The third kappa shape index (κ3) is 3.68. The number of hydrogen-bond acceptors (Lipinski definition) is 3. The van der Waals surface area contributed by atoms with Gasteiger partial charge in [0.25, 0.3) is 0 Å². The van der Waals surface area contributed by atoms with Crippen LogP contribution in [0.4, 0.5) is 13.2 Å². The minimum absolute atomic E-state index is 0.260. The molecule has 0 bridgehead atoms. The maximum Gasteiger partial charge on any atom is 0.243 e. The molecule has 0 spiro atoms. The molecule has 1 rings (SSSR count). The van der Waals surface area contributed by atoms with Gasteiger partial charge in [0.2, 0.25) is 10.0 Å². The van der Waals surface area contributed by atoms with Gasteiger partial charge >= 0.3 is 0 Å². The standard InChI is InChI=1S/C11H14F3NO3S/c1-3-11(2,16)6-15-19(17,18)8-5-4-7(12)9(13)10(8)14/h4-5,15-16H,3,6H2,1-2H3. The summed E-state index contributed by atoms with van der Waals surface area (Å²) in [5.74, 6) is -5.12. The Morgan fingerprint density at radius 3 is 2.37 bits per heavy atom. The first-order chi connectivity index (χ1) is 8.60. The smallest absolute Gasteiger partial charge is 0.243 e. The van der Waals surface area contributed by atoms with Crippen molar-refractivity contribution >= 4 is 10.0 Å². The maximum atomic E-state index is 13.4. The Labute approximate surface area is 109 Å². The van der Waals surface area contributed by atoms with Gasteiger partial charge in [-0.15, -0.1) is 0 Å². The molecule has 0 amide bonds. The number of halogens is 3. The van der Waals surface area contributed by atoms with Crippen LogP contribution in [0.3, 0.4) is 0 Å². The van der Waals surface area contributed by atoms with Gasteiger partial charge in [0.1, 0.15) is 4.90 Å². The Morgan fingerprint density at radius 1 is 1.26 bits per heavy atom. The maximum absolute atomic E-state index is 13.4. The SMILES string of the molecule is CCC(C)(O)CNS(=O)(=O)c1ccc(F)c(F)c1F. The fourth-order valence-electron chi connectivity index (χ4n) is 1.17. The Kier molecular flexibility index (Phi) is 4.59. The second-order valence-corrected chi connectivity index (χ2v) is 6.08. The van der Waals surface area contributed by atoms with E-state index in [-0.39, 0.29) is 13.0 Å². The van der Waals surface area contributed by atoms with Crippen LogP contribution in [0.15, 0.2) is 17.0 Å². The van der Waals surface area contributed by atoms with Gasteiger partial charge in [-0.25, -0.2) is 26.3 Å². The summed E-state index contributed by atoms with van der Waals surface area (Å²) in [5.41, 5.74) is -1.32. The normalized spacial score (nSPS) is 15.3. The predicted octanol–water partition coefficient (Wildman–Crippen LogP) is 1.54. The molecular formula is C11H14F3NO3S. The lowest BCUT2D eigenvalue weighted by Gasteiger charge is -2.21. The molecule has 0 aliphatic heterocycles. The van der Waals surface area contributed by atoms with Crippen LogP contribution in [0.1, 0.15) is 20.3 Å². The van der Waals surface area contributed by atoms with Gasteiger partial charge in [0.05, 0.1) is 5.60 Å². The Balaban J connectivity index is 3.06. The molecule has 0 aliphatic carbocycles. The second-order valence-electron chi connectivity index (χ2n) is 4.35. The molecule has 0 saturated heterocycles. The van der Waals surface area contributed by atoms with E-state index < -0.39 is 38.0 Å². The van der Waals surface area contributed by atoms with E-state index in [0.29, 0.717) is 12.1 Å². The number of benzene rings is 1. The minimum atomic E-state index is -4.37. The molecule has 8 heteroatoms. The van der Waals surface area contributed by atoms with E-state index in [9.17, 15) is 26.7 Å². The van der Waals surface area contributed by atoms with E-state index in [1.54, 1.807) is 6.92 Å². The molecule has 0 radical (unpaired) electrons. The number of nitrogens with one attached hydrogen (secondary N) is 1. The van der Waals surface area contributed by atoms with E-state index in [2.05, 4.69) is 0 Å². The van der Waals surface area contributed by atoms with Crippen molar-refractivity contribution in [2.45, 2.75) is 30.8 Å². The third-order valence-corrected chi connectivity index (χ3v) is 4.11. The molecular weight excluding hydrogens is 283 g/mol. The van der Waals surface area contributed by atoms with E-state index >= 15 is 0 Å². The summed E-state index contributed by atoms with van der Waals surface area (Å²) in [6.07, 6.45) is 0.260. The molecule has 1 aromatic rings. The third-order valence-electron chi connectivity index (χ3n) is 2.69. The Hall–Kier alpha value is -1.12. The number of aliphatic hydroxyl groups is 1. The van der Waals surface area contributed by atoms with Crippen LogP contribution in [0.25, 0.3) is 0 Å². The van der Waals surface area contributed by atoms with E-state index in [1.807, 2.05) is 4.72 Å². The van der Waals surface area contributed by atoms with Gasteiger partial charge < -0.3 is 5.11 Å². The molecule has 1 unspecified atom stereocenters. The topological polar surface area (TPSA) is 66.4 Å². The fourth-order valence-corrected chi connectivity index (χ4v) is 2.40. The van der Waals surface area contributed by atoms with Crippen molar-refractivity contribution in [3.8, 4) is 0 Å². The first-order valence-corrected chi connectivity index (χ1v) is 6.94. The lowest BCUT2D eigenvalue weighted by molar-refractivity contribution is 0.0613. The highest BCUT2D eigenvalue weighted by Crippen LogP contribution is 2.20. The molecule has 0 aliphatic rings. The van der Waals surface area contributed by atoms with Crippen LogP contribution < -0.4 is 4.72 Å². The zero-order valence-electron chi connectivity index (χ0n) is 10.4. The number of sulfonamides is 1. The summed E-state index contributed by atoms with van der Waals surface area (Å²) in [4.78, 5) is -1.00. The summed E-state index contributed by atoms with van der Waals surface area (Å²) >= 11 is 0. The summed E-state index contributed by atoms with van der Waals surface area (Å²) in [5, 5.41) is 9.65. The Bertz CT molecular complexity index is 573. The molecule has 108 valence electrons. The van der Waals surface area contributed by atoms with Gasteiger partial charge in [-0.1, -0.05) is 6.92 Å². The van der Waals surface area contributed by atoms with Gasteiger partial charge in [-0.05, 0) is 25.5 Å². The minimum Gasteiger partial charge on any atom is -0.389 e. The molecule has 0 fully saturated rings. The van der Waals surface area contributed by atoms with Crippen molar-refractivity contribution in [3.63, 3.8) is 0 Å². The average Bonchev–Trinajstić information content (AvgIpc) is 2.34. The molecule has 1 aromatic carbocycles. The van der Waals surface area contributed by atoms with Crippen LogP contribution in [0.2, 0.25) is 0 Å². The summed E-state index contributed by atoms with van der Waals surface area (Å²) in [6, 6.07) is 1.14. The van der Waals surface area contributed by atoms with Crippen molar-refractivity contribution in [2.75, 3.05) is 6.54 Å². The highest BCUT2D eigenvalue weighted by molar-refractivity contribution is 7.89. The zero-order chi connectivity index (χ0) is 14.8. The lowest BCUT2D eigenvalue weighted by Crippen LogP contribution is -2.40. The second kappa shape index (κ2) is 5.48. The first-order valence-electron chi connectivity index (χ1n) is 5.46. The Morgan fingerprint density at radius 2 is 1.84 bits per heavy atom. The van der Waals surface area contributed by atoms with Crippen LogP contribution in [-0.4, -0.2) is 25.7 Å². The van der Waals surface area contributed by atoms with Gasteiger partial charge in [0, 0.05) is 6.54 Å². The summed E-state index contributed by atoms with van der Waals surface area (Å²) < 4.78 is 64.4. The lowest BCUT2D eigenvalue weighted by atomic mass is 10.1. The first kappa shape index (κ1) is 15.9. The monoisotopic (exact) mass is 297 g/mol. The van der Waals surface area contributed by atoms with Crippen molar-refractivity contribution in [2.24, 2.45) is 0 Å². The summed E-state index contributed by atoms with van der Waals surface area (Å²) in [7, 11) is -4.37. The molecule has 1 atom stereocenters. The van der Waals surface area contributed by atoms with E-state index in [1.165, 1.54) is 6.92 Å². The van der Waals surface area contributed by atoms with E-state index in [0.717, 1.165) is 0 Å². The number of hydrogen-bond donors (Lipinski definition) is 2. The van der Waals surface area contributed by atoms with Crippen LogP contribution in [-0.2, 0) is 10.0 Å². The van der Waals surface area contributed by atoms with Crippen LogP contribution in [0.5, 0.6) is 0 Å². The highest BCUT2D eigenvalue weighted by atomic mass is 32.2. The van der Waals surface area contributed by atoms with Gasteiger partial charge in [-0.3, -0.25) is 0 Å². The van der Waals surface area contributed by atoms with Crippen molar-refractivity contribution in [3.05, 3.63) is 29.6 Å². The van der Waals surface area contributed by atoms with Crippen molar-refractivity contribution in [1.82, 2.24) is 4.72 Å². The number of rotatable bonds is 5. The molecule has 0 aromatic heterocycles. The van der Waals surface area contributed by atoms with Crippen molar-refractivity contribution in [1.29, 1.82) is 0 Å².